The highest BCUT2D eigenvalue weighted by Crippen LogP contribution is 2.25. The summed E-state index contributed by atoms with van der Waals surface area (Å²) < 4.78 is 12.8. The van der Waals surface area contributed by atoms with Crippen molar-refractivity contribution >= 4 is 5.91 Å². The van der Waals surface area contributed by atoms with E-state index < -0.39 is 0 Å². The van der Waals surface area contributed by atoms with Gasteiger partial charge in [-0.1, -0.05) is 12.1 Å². The number of benzene rings is 1. The van der Waals surface area contributed by atoms with Crippen LogP contribution in [-0.2, 0) is 11.2 Å². The largest absolute Gasteiger partial charge is 0.345 e. The van der Waals surface area contributed by atoms with Crippen LogP contribution in [0.2, 0.25) is 0 Å². The van der Waals surface area contributed by atoms with Gasteiger partial charge in [0.05, 0.1) is 0 Å². The van der Waals surface area contributed by atoms with Crippen molar-refractivity contribution in [2.75, 3.05) is 13.6 Å². The van der Waals surface area contributed by atoms with Crippen LogP contribution in [0.1, 0.15) is 24.8 Å². The molecule has 0 heterocycles. The van der Waals surface area contributed by atoms with Crippen LogP contribution in [0.3, 0.4) is 0 Å². The van der Waals surface area contributed by atoms with Gasteiger partial charge in [-0.2, -0.15) is 0 Å². The molecule has 1 fully saturated rings. The SMILES string of the molecule is CN(CCc1ccc(F)cc1)C(=O)[C@@H]1CC[C@H](N)C1. The maximum Gasteiger partial charge on any atom is 0.225 e. The van der Waals surface area contributed by atoms with Gasteiger partial charge in [0.2, 0.25) is 5.91 Å². The van der Waals surface area contributed by atoms with Gasteiger partial charge in [0, 0.05) is 25.6 Å². The molecular weight excluding hydrogens is 243 g/mol. The van der Waals surface area contributed by atoms with Crippen molar-refractivity contribution in [1.29, 1.82) is 0 Å². The number of nitrogens with two attached hydrogens (primary N) is 1. The van der Waals surface area contributed by atoms with Crippen LogP contribution >= 0.6 is 0 Å². The second-order valence-corrected chi connectivity index (χ2v) is 5.41. The van der Waals surface area contributed by atoms with Crippen LogP contribution < -0.4 is 5.73 Å². The summed E-state index contributed by atoms with van der Waals surface area (Å²) >= 11 is 0. The molecule has 19 heavy (non-hydrogen) atoms. The predicted molar refractivity (Wildman–Crippen MR) is 73.1 cm³/mol. The quantitative estimate of drug-likeness (QED) is 0.903. The molecule has 0 aliphatic heterocycles. The summed E-state index contributed by atoms with van der Waals surface area (Å²) in [4.78, 5) is 13.9. The Bertz CT molecular complexity index is 432. The molecule has 0 spiro atoms. The number of hydrogen-bond acceptors (Lipinski definition) is 2. The lowest BCUT2D eigenvalue weighted by atomic mass is 10.1. The van der Waals surface area contributed by atoms with Crippen LogP contribution in [0.25, 0.3) is 0 Å². The molecule has 0 saturated heterocycles. The molecule has 0 radical (unpaired) electrons. The number of carbonyl (C=O) groups excluding carboxylic acids is 1. The van der Waals surface area contributed by atoms with E-state index in [0.717, 1.165) is 31.2 Å². The minimum Gasteiger partial charge on any atom is -0.345 e. The third-order valence-electron chi connectivity index (χ3n) is 3.85. The molecule has 1 saturated carbocycles. The van der Waals surface area contributed by atoms with E-state index in [2.05, 4.69) is 0 Å². The Morgan fingerprint density at radius 3 is 2.63 bits per heavy atom. The van der Waals surface area contributed by atoms with E-state index in [1.165, 1.54) is 12.1 Å². The number of likely N-dealkylation sites (N-methyl/N-ethyl adjacent to an activating group) is 1. The van der Waals surface area contributed by atoms with Crippen LogP contribution in [0.15, 0.2) is 24.3 Å². The van der Waals surface area contributed by atoms with Crippen molar-refractivity contribution in [3.63, 3.8) is 0 Å². The molecule has 1 aromatic carbocycles. The molecule has 4 heteroatoms. The minimum absolute atomic E-state index is 0.0909. The van der Waals surface area contributed by atoms with E-state index >= 15 is 0 Å². The topological polar surface area (TPSA) is 46.3 Å². The highest BCUT2D eigenvalue weighted by Gasteiger charge is 2.29. The van der Waals surface area contributed by atoms with E-state index in [4.69, 9.17) is 5.73 Å². The summed E-state index contributed by atoms with van der Waals surface area (Å²) in [7, 11) is 1.83. The number of nitrogens with zero attached hydrogens (tertiary/aromatic N) is 1. The summed E-state index contributed by atoms with van der Waals surface area (Å²) in [6.45, 7) is 0.663. The molecule has 1 aliphatic carbocycles. The first-order chi connectivity index (χ1) is 9.06. The normalized spacial score (nSPS) is 22.5. The summed E-state index contributed by atoms with van der Waals surface area (Å²) in [6.07, 6.45) is 3.41. The van der Waals surface area contributed by atoms with E-state index in [1.54, 1.807) is 17.0 Å². The second-order valence-electron chi connectivity index (χ2n) is 5.41. The van der Waals surface area contributed by atoms with Gasteiger partial charge < -0.3 is 10.6 Å². The molecule has 0 aromatic heterocycles. The van der Waals surface area contributed by atoms with E-state index in [1.807, 2.05) is 7.05 Å². The number of hydrogen-bond donors (Lipinski definition) is 1. The Balaban J connectivity index is 1.82. The van der Waals surface area contributed by atoms with Crippen molar-refractivity contribution < 1.29 is 9.18 Å². The van der Waals surface area contributed by atoms with Gasteiger partial charge in [-0.3, -0.25) is 4.79 Å². The number of amides is 1. The smallest absolute Gasteiger partial charge is 0.225 e. The average Bonchev–Trinajstić information content (AvgIpc) is 2.83. The molecular formula is C15H21FN2O. The Morgan fingerprint density at radius 1 is 1.37 bits per heavy atom. The third-order valence-corrected chi connectivity index (χ3v) is 3.85. The van der Waals surface area contributed by atoms with E-state index in [0.29, 0.717) is 6.54 Å². The fraction of sp³-hybridized carbons (Fsp3) is 0.533. The molecule has 1 aromatic rings. The fourth-order valence-corrected chi connectivity index (χ4v) is 2.61. The number of rotatable bonds is 4. The maximum absolute atomic E-state index is 12.8. The molecule has 1 amide bonds. The first kappa shape index (κ1) is 14.0. The molecule has 0 unspecified atom stereocenters. The standard InChI is InChI=1S/C15H21FN2O/c1-18(15(19)12-4-7-14(17)10-12)9-8-11-2-5-13(16)6-3-11/h2-3,5-6,12,14H,4,7-10,17H2,1H3/t12-,14+/m1/s1. The van der Waals surface area contributed by atoms with Crippen LogP contribution in [-0.4, -0.2) is 30.4 Å². The van der Waals surface area contributed by atoms with Gasteiger partial charge in [-0.05, 0) is 43.4 Å². The molecule has 0 bridgehead atoms. The summed E-state index contributed by atoms with van der Waals surface area (Å²) in [6, 6.07) is 6.61. The van der Waals surface area contributed by atoms with Crippen molar-refractivity contribution in [2.45, 2.75) is 31.7 Å². The highest BCUT2D eigenvalue weighted by molar-refractivity contribution is 5.79. The molecule has 2 N–H and O–H groups in total. The second kappa shape index (κ2) is 6.15. The van der Waals surface area contributed by atoms with Crippen molar-refractivity contribution in [3.8, 4) is 0 Å². The lowest BCUT2D eigenvalue weighted by molar-refractivity contribution is -0.134. The van der Waals surface area contributed by atoms with Gasteiger partial charge in [-0.25, -0.2) is 4.39 Å². The Kier molecular flexibility index (Phi) is 4.53. The molecule has 1 aliphatic rings. The summed E-state index contributed by atoms with van der Waals surface area (Å²) in [5.74, 6) is 0.0522. The summed E-state index contributed by atoms with van der Waals surface area (Å²) in [5.41, 5.74) is 6.88. The Labute approximate surface area is 113 Å². The van der Waals surface area contributed by atoms with Crippen LogP contribution in [0.4, 0.5) is 4.39 Å². The van der Waals surface area contributed by atoms with Crippen LogP contribution in [0, 0.1) is 11.7 Å². The number of halogens is 1. The predicted octanol–water partition coefficient (Wildman–Crippen LogP) is 1.95. The first-order valence-corrected chi connectivity index (χ1v) is 6.81. The maximum atomic E-state index is 12.8. The Hall–Kier alpha value is -1.42. The monoisotopic (exact) mass is 264 g/mol. The van der Waals surface area contributed by atoms with Gasteiger partial charge in [0.1, 0.15) is 5.82 Å². The lowest BCUT2D eigenvalue weighted by Gasteiger charge is -2.21. The average molecular weight is 264 g/mol. The molecule has 104 valence electrons. The van der Waals surface area contributed by atoms with Crippen molar-refractivity contribution in [1.82, 2.24) is 4.90 Å². The van der Waals surface area contributed by atoms with E-state index in [9.17, 15) is 9.18 Å². The first-order valence-electron chi connectivity index (χ1n) is 6.81. The van der Waals surface area contributed by atoms with E-state index in [-0.39, 0.29) is 23.7 Å². The van der Waals surface area contributed by atoms with Crippen LogP contribution in [0.5, 0.6) is 0 Å². The highest BCUT2D eigenvalue weighted by atomic mass is 19.1. The van der Waals surface area contributed by atoms with Gasteiger partial charge in [0.15, 0.2) is 0 Å². The van der Waals surface area contributed by atoms with Crippen molar-refractivity contribution in [3.05, 3.63) is 35.6 Å². The fourth-order valence-electron chi connectivity index (χ4n) is 2.61. The van der Waals surface area contributed by atoms with Gasteiger partial charge in [-0.15, -0.1) is 0 Å². The molecule has 3 nitrogen and oxygen atoms in total. The zero-order chi connectivity index (χ0) is 13.8. The Morgan fingerprint density at radius 2 is 2.05 bits per heavy atom. The molecule has 2 rings (SSSR count). The lowest BCUT2D eigenvalue weighted by Crippen LogP contribution is -2.34. The van der Waals surface area contributed by atoms with Gasteiger partial charge in [0.25, 0.3) is 0 Å². The third kappa shape index (κ3) is 3.77. The van der Waals surface area contributed by atoms with Gasteiger partial charge >= 0.3 is 0 Å². The zero-order valence-electron chi connectivity index (χ0n) is 11.3. The zero-order valence-corrected chi connectivity index (χ0v) is 11.3. The number of carbonyl (C=O) groups is 1. The summed E-state index contributed by atoms with van der Waals surface area (Å²) in [5, 5.41) is 0. The molecule has 2 atom stereocenters. The minimum atomic E-state index is -0.229. The van der Waals surface area contributed by atoms with Crippen molar-refractivity contribution in [2.24, 2.45) is 11.7 Å².